The summed E-state index contributed by atoms with van der Waals surface area (Å²) in [4.78, 5) is 2.57. The molecule has 2 rings (SSSR count). The van der Waals surface area contributed by atoms with Crippen LogP contribution in [-0.2, 0) is 6.54 Å². The fourth-order valence-corrected chi connectivity index (χ4v) is 3.29. The first-order valence-electron chi connectivity index (χ1n) is 7.31. The molecule has 0 saturated carbocycles. The molecule has 2 unspecified atom stereocenters. The van der Waals surface area contributed by atoms with Gasteiger partial charge >= 0.3 is 0 Å². The summed E-state index contributed by atoms with van der Waals surface area (Å²) in [6, 6.07) is 9.36. The second-order valence-electron chi connectivity index (χ2n) is 5.68. The molecular formula is C16H24INO. The Balaban J connectivity index is 2.02. The van der Waals surface area contributed by atoms with E-state index in [1.54, 1.807) is 0 Å². The van der Waals surface area contributed by atoms with Crippen molar-refractivity contribution in [1.82, 2.24) is 4.90 Å². The van der Waals surface area contributed by atoms with Crippen molar-refractivity contribution in [2.24, 2.45) is 0 Å². The van der Waals surface area contributed by atoms with Crippen molar-refractivity contribution >= 4 is 22.6 Å². The number of rotatable bonds is 4. The van der Waals surface area contributed by atoms with Gasteiger partial charge in [0.15, 0.2) is 0 Å². The second-order valence-corrected chi connectivity index (χ2v) is 6.93. The molecule has 0 spiro atoms. The van der Waals surface area contributed by atoms with E-state index in [-0.39, 0.29) is 6.10 Å². The average Bonchev–Trinajstić information content (AvgIpc) is 2.58. The molecule has 1 aromatic rings. The van der Waals surface area contributed by atoms with Crippen molar-refractivity contribution in [3.05, 3.63) is 33.4 Å². The maximum Gasteiger partial charge on any atom is 0.0527 e. The Labute approximate surface area is 130 Å². The second kappa shape index (κ2) is 7.60. The zero-order valence-corrected chi connectivity index (χ0v) is 13.8. The SMILES string of the molecule is CC(O)CC1CCCCCN1Cc1ccc(I)cc1. The Morgan fingerprint density at radius 3 is 2.68 bits per heavy atom. The lowest BCUT2D eigenvalue weighted by Crippen LogP contribution is -2.36. The number of hydrogen-bond donors (Lipinski definition) is 1. The lowest BCUT2D eigenvalue weighted by atomic mass is 10.0. The molecule has 0 radical (unpaired) electrons. The molecule has 3 heteroatoms. The van der Waals surface area contributed by atoms with Gasteiger partial charge in [-0.3, -0.25) is 4.90 Å². The van der Waals surface area contributed by atoms with E-state index >= 15 is 0 Å². The minimum Gasteiger partial charge on any atom is -0.393 e. The van der Waals surface area contributed by atoms with Crippen molar-refractivity contribution in [2.75, 3.05) is 6.54 Å². The van der Waals surface area contributed by atoms with Crippen LogP contribution < -0.4 is 0 Å². The number of aliphatic hydroxyl groups is 1. The summed E-state index contributed by atoms with van der Waals surface area (Å²) in [7, 11) is 0. The molecule has 1 heterocycles. The summed E-state index contributed by atoms with van der Waals surface area (Å²) in [5, 5.41) is 9.69. The van der Waals surface area contributed by atoms with E-state index < -0.39 is 0 Å². The van der Waals surface area contributed by atoms with E-state index in [4.69, 9.17) is 0 Å². The van der Waals surface area contributed by atoms with E-state index in [0.29, 0.717) is 6.04 Å². The summed E-state index contributed by atoms with van der Waals surface area (Å²) < 4.78 is 1.29. The van der Waals surface area contributed by atoms with Gasteiger partial charge in [0, 0.05) is 16.2 Å². The maximum absolute atomic E-state index is 9.69. The highest BCUT2D eigenvalue weighted by Crippen LogP contribution is 2.22. The van der Waals surface area contributed by atoms with Crippen LogP contribution in [0.4, 0.5) is 0 Å². The third-order valence-corrected chi connectivity index (χ3v) is 4.63. The molecule has 19 heavy (non-hydrogen) atoms. The van der Waals surface area contributed by atoms with Gasteiger partial charge in [-0.1, -0.05) is 25.0 Å². The Hall–Kier alpha value is -0.130. The van der Waals surface area contributed by atoms with E-state index in [0.717, 1.165) is 13.0 Å². The van der Waals surface area contributed by atoms with Crippen molar-refractivity contribution in [2.45, 2.75) is 57.7 Å². The van der Waals surface area contributed by atoms with Crippen molar-refractivity contribution in [1.29, 1.82) is 0 Å². The van der Waals surface area contributed by atoms with Crippen LogP contribution in [-0.4, -0.2) is 28.7 Å². The smallest absolute Gasteiger partial charge is 0.0527 e. The maximum atomic E-state index is 9.69. The Morgan fingerprint density at radius 1 is 1.26 bits per heavy atom. The molecule has 106 valence electrons. The molecule has 2 nitrogen and oxygen atoms in total. The first kappa shape index (κ1) is 15.3. The van der Waals surface area contributed by atoms with Gasteiger partial charge in [-0.05, 0) is 73.0 Å². The minimum atomic E-state index is -0.192. The topological polar surface area (TPSA) is 23.5 Å². The Kier molecular flexibility index (Phi) is 6.10. The third-order valence-electron chi connectivity index (χ3n) is 3.91. The van der Waals surface area contributed by atoms with E-state index in [9.17, 15) is 5.11 Å². The van der Waals surface area contributed by atoms with Gasteiger partial charge in [0.2, 0.25) is 0 Å². The molecule has 1 fully saturated rings. The van der Waals surface area contributed by atoms with Crippen LogP contribution >= 0.6 is 22.6 Å². The van der Waals surface area contributed by atoms with Crippen molar-refractivity contribution < 1.29 is 5.11 Å². The highest BCUT2D eigenvalue weighted by atomic mass is 127. The lowest BCUT2D eigenvalue weighted by Gasteiger charge is -2.31. The van der Waals surface area contributed by atoms with Gasteiger partial charge in [0.25, 0.3) is 0 Å². The molecule has 2 atom stereocenters. The lowest BCUT2D eigenvalue weighted by molar-refractivity contribution is 0.108. The fourth-order valence-electron chi connectivity index (χ4n) is 2.93. The largest absolute Gasteiger partial charge is 0.393 e. The number of likely N-dealkylation sites (tertiary alicyclic amines) is 1. The molecule has 1 aromatic carbocycles. The van der Waals surface area contributed by atoms with Crippen LogP contribution in [0.25, 0.3) is 0 Å². The summed E-state index contributed by atoms with van der Waals surface area (Å²) in [6.45, 7) is 4.10. The zero-order valence-electron chi connectivity index (χ0n) is 11.7. The van der Waals surface area contributed by atoms with Gasteiger partial charge in [-0.15, -0.1) is 0 Å². The first-order valence-corrected chi connectivity index (χ1v) is 8.39. The van der Waals surface area contributed by atoms with Crippen LogP contribution in [0.2, 0.25) is 0 Å². The molecule has 0 amide bonds. The van der Waals surface area contributed by atoms with Crippen LogP contribution in [0.1, 0.15) is 44.6 Å². The molecule has 0 aliphatic carbocycles. The third kappa shape index (κ3) is 5.04. The highest BCUT2D eigenvalue weighted by Gasteiger charge is 2.22. The number of hydrogen-bond acceptors (Lipinski definition) is 2. The summed E-state index contributed by atoms with van der Waals surface area (Å²) in [5.41, 5.74) is 1.39. The summed E-state index contributed by atoms with van der Waals surface area (Å²) in [5.74, 6) is 0. The molecule has 0 aromatic heterocycles. The number of halogens is 1. The minimum absolute atomic E-state index is 0.192. The van der Waals surface area contributed by atoms with Crippen LogP contribution in [0.5, 0.6) is 0 Å². The molecular weight excluding hydrogens is 349 g/mol. The van der Waals surface area contributed by atoms with Gasteiger partial charge < -0.3 is 5.11 Å². The number of aliphatic hydroxyl groups excluding tert-OH is 1. The van der Waals surface area contributed by atoms with Crippen LogP contribution in [0, 0.1) is 3.57 Å². The first-order chi connectivity index (χ1) is 9.15. The number of nitrogens with zero attached hydrogens (tertiary/aromatic N) is 1. The summed E-state index contributed by atoms with van der Waals surface area (Å²) in [6.07, 6.45) is 5.88. The molecule has 1 N–H and O–H groups in total. The van der Waals surface area contributed by atoms with E-state index in [2.05, 4.69) is 51.8 Å². The predicted octanol–water partition coefficient (Wildman–Crippen LogP) is 3.81. The molecule has 0 bridgehead atoms. The Morgan fingerprint density at radius 2 is 2.00 bits per heavy atom. The zero-order chi connectivity index (χ0) is 13.7. The predicted molar refractivity (Wildman–Crippen MR) is 88.1 cm³/mol. The highest BCUT2D eigenvalue weighted by molar-refractivity contribution is 14.1. The standard InChI is InChI=1S/C16H24INO/c1-13(19)11-16-5-3-2-4-10-18(16)12-14-6-8-15(17)9-7-14/h6-9,13,16,19H,2-5,10-12H2,1H3. The molecule has 1 saturated heterocycles. The normalized spacial score (nSPS) is 23.0. The number of benzene rings is 1. The van der Waals surface area contributed by atoms with Crippen LogP contribution in [0.15, 0.2) is 24.3 Å². The fraction of sp³-hybridized carbons (Fsp3) is 0.625. The van der Waals surface area contributed by atoms with Gasteiger partial charge in [-0.2, -0.15) is 0 Å². The van der Waals surface area contributed by atoms with Crippen LogP contribution in [0.3, 0.4) is 0 Å². The Bertz CT molecular complexity index is 377. The molecule has 1 aliphatic rings. The quantitative estimate of drug-likeness (QED) is 0.812. The van der Waals surface area contributed by atoms with Gasteiger partial charge in [0.1, 0.15) is 0 Å². The average molecular weight is 373 g/mol. The monoisotopic (exact) mass is 373 g/mol. The summed E-state index contributed by atoms with van der Waals surface area (Å²) >= 11 is 2.35. The van der Waals surface area contributed by atoms with Crippen molar-refractivity contribution in [3.63, 3.8) is 0 Å². The van der Waals surface area contributed by atoms with Crippen molar-refractivity contribution in [3.8, 4) is 0 Å². The molecule has 1 aliphatic heterocycles. The van der Waals surface area contributed by atoms with Gasteiger partial charge in [0.05, 0.1) is 6.10 Å². The van der Waals surface area contributed by atoms with E-state index in [1.165, 1.54) is 41.4 Å². The van der Waals surface area contributed by atoms with E-state index in [1.807, 2.05) is 6.92 Å². The van der Waals surface area contributed by atoms with Gasteiger partial charge in [-0.25, -0.2) is 0 Å².